The number of hydrogen-bond acceptors (Lipinski definition) is 5. The fourth-order valence-electron chi connectivity index (χ4n) is 3.40. The molecular weight excluding hydrogens is 420 g/mol. The van der Waals surface area contributed by atoms with Gasteiger partial charge in [0.15, 0.2) is 0 Å². The molecule has 0 radical (unpaired) electrons. The molecule has 1 saturated heterocycles. The predicted molar refractivity (Wildman–Crippen MR) is 121 cm³/mol. The number of rotatable bonds is 6. The number of piperazine rings is 1. The van der Waals surface area contributed by atoms with Crippen molar-refractivity contribution in [2.75, 3.05) is 36.4 Å². The van der Waals surface area contributed by atoms with Crippen LogP contribution in [0.3, 0.4) is 0 Å². The molecule has 0 aliphatic carbocycles. The van der Waals surface area contributed by atoms with Gasteiger partial charge < -0.3 is 15.1 Å². The fourth-order valence-corrected chi connectivity index (χ4v) is 3.58. The van der Waals surface area contributed by atoms with Crippen molar-refractivity contribution in [1.29, 1.82) is 0 Å². The molecule has 9 heteroatoms. The lowest BCUT2D eigenvalue weighted by Crippen LogP contribution is -2.48. The minimum atomic E-state index is -0.566. The quantitative estimate of drug-likeness (QED) is 0.415. The van der Waals surface area contributed by atoms with Crippen molar-refractivity contribution in [3.63, 3.8) is 0 Å². The van der Waals surface area contributed by atoms with Crippen molar-refractivity contribution < 1.29 is 14.5 Å². The molecule has 0 bridgehead atoms. The Morgan fingerprint density at radius 2 is 1.87 bits per heavy atom. The monoisotopic (exact) mass is 442 g/mol. The number of nitrogens with one attached hydrogen (secondary N) is 1. The molecule has 162 valence electrons. The molecular formula is C22H23ClN4O4. The first-order valence-electron chi connectivity index (χ1n) is 9.93. The van der Waals surface area contributed by atoms with Crippen LogP contribution in [0.5, 0.6) is 0 Å². The average Bonchev–Trinajstić information content (AvgIpc) is 2.78. The van der Waals surface area contributed by atoms with E-state index in [0.29, 0.717) is 43.9 Å². The highest BCUT2D eigenvalue weighted by Gasteiger charge is 2.21. The van der Waals surface area contributed by atoms with Crippen molar-refractivity contribution in [2.45, 2.75) is 13.3 Å². The van der Waals surface area contributed by atoms with Gasteiger partial charge in [-0.2, -0.15) is 0 Å². The Hall–Kier alpha value is -3.39. The summed E-state index contributed by atoms with van der Waals surface area (Å²) in [4.78, 5) is 38.8. The van der Waals surface area contributed by atoms with E-state index in [1.807, 2.05) is 36.1 Å². The van der Waals surface area contributed by atoms with Gasteiger partial charge in [0.05, 0.1) is 16.3 Å². The highest BCUT2D eigenvalue weighted by molar-refractivity contribution is 6.32. The van der Waals surface area contributed by atoms with Gasteiger partial charge in [-0.1, -0.05) is 36.7 Å². The minimum Gasteiger partial charge on any atom is -0.366 e. The lowest BCUT2D eigenvalue weighted by molar-refractivity contribution is -0.384. The Balaban J connectivity index is 1.68. The van der Waals surface area contributed by atoms with Gasteiger partial charge >= 0.3 is 0 Å². The van der Waals surface area contributed by atoms with E-state index in [9.17, 15) is 19.7 Å². The van der Waals surface area contributed by atoms with Crippen LogP contribution in [0.1, 0.15) is 18.9 Å². The largest absolute Gasteiger partial charge is 0.366 e. The molecule has 2 aromatic carbocycles. The number of carbonyl (C=O) groups is 2. The zero-order chi connectivity index (χ0) is 22.4. The van der Waals surface area contributed by atoms with Crippen LogP contribution in [0.15, 0.2) is 48.5 Å². The van der Waals surface area contributed by atoms with E-state index < -0.39 is 4.92 Å². The van der Waals surface area contributed by atoms with Gasteiger partial charge in [-0.05, 0) is 29.8 Å². The molecule has 1 aliphatic heterocycles. The minimum absolute atomic E-state index is 0.0428. The van der Waals surface area contributed by atoms with Gasteiger partial charge in [-0.15, -0.1) is 0 Å². The normalized spacial score (nSPS) is 14.0. The summed E-state index contributed by atoms with van der Waals surface area (Å²) in [5.74, 6) is -0.210. The number of nitro groups is 1. The third-order valence-corrected chi connectivity index (χ3v) is 5.35. The number of anilines is 2. The Labute approximate surface area is 185 Å². The third-order valence-electron chi connectivity index (χ3n) is 5.03. The van der Waals surface area contributed by atoms with Crippen molar-refractivity contribution in [3.8, 4) is 0 Å². The highest BCUT2D eigenvalue weighted by atomic mass is 35.5. The summed E-state index contributed by atoms with van der Waals surface area (Å²) < 4.78 is 0. The number of halogens is 1. The topological polar surface area (TPSA) is 95.8 Å². The molecule has 1 aliphatic rings. The van der Waals surface area contributed by atoms with E-state index >= 15 is 0 Å². The number of hydrogen-bond donors (Lipinski definition) is 1. The van der Waals surface area contributed by atoms with Gasteiger partial charge in [0.2, 0.25) is 11.8 Å². The Morgan fingerprint density at radius 3 is 2.55 bits per heavy atom. The lowest BCUT2D eigenvalue weighted by Gasteiger charge is -2.36. The SMILES string of the molecule is CCC(=O)N1CCN(c2ccccc2NC(=O)/C=C/c2ccc(Cl)c([N+](=O)[O-])c2)CC1. The summed E-state index contributed by atoms with van der Waals surface area (Å²) in [5, 5.41) is 13.9. The number of amides is 2. The van der Waals surface area contributed by atoms with Crippen LogP contribution in [0, 0.1) is 10.1 Å². The van der Waals surface area contributed by atoms with Crippen LogP contribution in [-0.4, -0.2) is 47.8 Å². The molecule has 2 aromatic rings. The summed E-state index contributed by atoms with van der Waals surface area (Å²) in [5.41, 5.74) is 1.83. The summed E-state index contributed by atoms with van der Waals surface area (Å²) in [7, 11) is 0. The Bertz CT molecular complexity index is 1020. The number of carbonyl (C=O) groups excluding carboxylic acids is 2. The second-order valence-corrected chi connectivity index (χ2v) is 7.44. The first-order chi connectivity index (χ1) is 14.9. The van der Waals surface area contributed by atoms with Crippen LogP contribution in [-0.2, 0) is 9.59 Å². The Morgan fingerprint density at radius 1 is 1.16 bits per heavy atom. The summed E-state index contributed by atoms with van der Waals surface area (Å²) >= 11 is 5.82. The summed E-state index contributed by atoms with van der Waals surface area (Å²) in [6.07, 6.45) is 3.31. The Kier molecular flexibility index (Phi) is 7.25. The molecule has 0 spiro atoms. The molecule has 2 amide bonds. The fraction of sp³-hybridized carbons (Fsp3) is 0.273. The third kappa shape index (κ3) is 5.61. The van der Waals surface area contributed by atoms with Crippen LogP contribution in [0.25, 0.3) is 6.08 Å². The zero-order valence-corrected chi connectivity index (χ0v) is 17.8. The van der Waals surface area contributed by atoms with Gasteiger partial charge in [0.1, 0.15) is 5.02 Å². The van der Waals surface area contributed by atoms with Crippen LogP contribution >= 0.6 is 11.6 Å². The number of para-hydroxylation sites is 2. The molecule has 0 atom stereocenters. The van der Waals surface area contributed by atoms with E-state index in [4.69, 9.17) is 11.6 Å². The van der Waals surface area contributed by atoms with Crippen molar-refractivity contribution in [1.82, 2.24) is 4.90 Å². The molecule has 0 aromatic heterocycles. The smallest absolute Gasteiger partial charge is 0.288 e. The molecule has 31 heavy (non-hydrogen) atoms. The number of nitro benzene ring substituents is 1. The molecule has 0 unspecified atom stereocenters. The maximum Gasteiger partial charge on any atom is 0.288 e. The predicted octanol–water partition coefficient (Wildman–Crippen LogP) is 3.96. The summed E-state index contributed by atoms with van der Waals surface area (Å²) in [6.45, 7) is 4.51. The van der Waals surface area contributed by atoms with E-state index in [0.717, 1.165) is 5.69 Å². The van der Waals surface area contributed by atoms with E-state index in [-0.39, 0.29) is 22.5 Å². The first kappa shape index (κ1) is 22.3. The van der Waals surface area contributed by atoms with Crippen LogP contribution in [0.2, 0.25) is 5.02 Å². The van der Waals surface area contributed by atoms with Gasteiger partial charge in [-0.3, -0.25) is 19.7 Å². The van der Waals surface area contributed by atoms with Gasteiger partial charge in [0.25, 0.3) is 5.69 Å². The van der Waals surface area contributed by atoms with Crippen LogP contribution in [0.4, 0.5) is 17.1 Å². The van der Waals surface area contributed by atoms with Crippen molar-refractivity contribution in [3.05, 3.63) is 69.2 Å². The van der Waals surface area contributed by atoms with Crippen molar-refractivity contribution >= 4 is 46.6 Å². The molecule has 8 nitrogen and oxygen atoms in total. The summed E-state index contributed by atoms with van der Waals surface area (Å²) in [6, 6.07) is 11.8. The second kappa shape index (κ2) is 10.1. The van der Waals surface area contributed by atoms with Gasteiger partial charge in [-0.25, -0.2) is 0 Å². The molecule has 1 heterocycles. The van der Waals surface area contributed by atoms with Crippen LogP contribution < -0.4 is 10.2 Å². The molecule has 3 rings (SSSR count). The molecule has 1 fully saturated rings. The maximum atomic E-state index is 12.5. The molecule has 1 N–H and O–H groups in total. The zero-order valence-electron chi connectivity index (χ0n) is 17.1. The van der Waals surface area contributed by atoms with E-state index in [1.54, 1.807) is 6.07 Å². The van der Waals surface area contributed by atoms with E-state index in [1.165, 1.54) is 24.3 Å². The first-order valence-corrected chi connectivity index (χ1v) is 10.3. The van der Waals surface area contributed by atoms with Gasteiger partial charge in [0, 0.05) is 44.7 Å². The molecule has 0 saturated carbocycles. The average molecular weight is 443 g/mol. The second-order valence-electron chi connectivity index (χ2n) is 7.03. The van der Waals surface area contributed by atoms with E-state index in [2.05, 4.69) is 10.2 Å². The number of nitrogens with zero attached hydrogens (tertiary/aromatic N) is 3. The standard InChI is InChI=1S/C22H23ClN4O4/c1-2-22(29)26-13-11-25(12-14-26)19-6-4-3-5-18(19)24-21(28)10-8-16-7-9-17(23)20(15-16)27(30)31/h3-10,15H,2,11-14H2,1H3,(H,24,28)/b10-8+. The lowest BCUT2D eigenvalue weighted by atomic mass is 10.2. The maximum absolute atomic E-state index is 12.5. The highest BCUT2D eigenvalue weighted by Crippen LogP contribution is 2.27. The number of benzene rings is 2. The van der Waals surface area contributed by atoms with Crippen molar-refractivity contribution in [2.24, 2.45) is 0 Å².